The van der Waals surface area contributed by atoms with Crippen molar-refractivity contribution in [3.63, 3.8) is 0 Å². The summed E-state index contributed by atoms with van der Waals surface area (Å²) in [5, 5.41) is 16.0. The van der Waals surface area contributed by atoms with E-state index in [1.807, 2.05) is 6.07 Å². The first-order chi connectivity index (χ1) is 14.2. The fraction of sp³-hybridized carbons (Fsp3) is 0.158. The molecule has 0 saturated heterocycles. The Morgan fingerprint density at radius 1 is 1.17 bits per heavy atom. The molecule has 4 aromatic rings. The highest BCUT2D eigenvalue weighted by Gasteiger charge is 2.14. The second-order valence-corrected chi connectivity index (χ2v) is 6.79. The van der Waals surface area contributed by atoms with Crippen molar-refractivity contribution in [2.45, 2.75) is 5.16 Å². The predicted octanol–water partition coefficient (Wildman–Crippen LogP) is 3.13. The van der Waals surface area contributed by atoms with Gasteiger partial charge in [0.15, 0.2) is 11.4 Å². The summed E-state index contributed by atoms with van der Waals surface area (Å²) in [5.41, 5.74) is 1.79. The molecule has 3 heterocycles. The standard InChI is InChI=1S/C19H17N5O4S/c1-26-12-5-6-13(16(10-12)27-2)20-18(25)11-29-19-22-21-17-8-7-14(23-24(17)19)15-4-3-9-28-15/h3-10H,11H2,1-2H3,(H,20,25). The molecule has 1 amide bonds. The molecule has 0 spiro atoms. The molecule has 0 fully saturated rings. The second kappa shape index (κ2) is 8.23. The van der Waals surface area contributed by atoms with Gasteiger partial charge in [0.1, 0.15) is 17.2 Å². The number of carbonyl (C=O) groups excluding carboxylic acids is 1. The Kier molecular flexibility index (Phi) is 5.34. The first-order valence-electron chi connectivity index (χ1n) is 8.59. The molecule has 10 heteroatoms. The quantitative estimate of drug-likeness (QED) is 0.463. The zero-order valence-corrected chi connectivity index (χ0v) is 16.5. The van der Waals surface area contributed by atoms with Crippen molar-refractivity contribution in [3.8, 4) is 23.0 Å². The number of furan rings is 1. The van der Waals surface area contributed by atoms with E-state index < -0.39 is 0 Å². The van der Waals surface area contributed by atoms with Crippen molar-refractivity contribution in [2.75, 3.05) is 25.3 Å². The number of carbonyl (C=O) groups is 1. The van der Waals surface area contributed by atoms with Crippen LogP contribution in [0, 0.1) is 0 Å². The molecular weight excluding hydrogens is 394 g/mol. The molecule has 0 aliphatic carbocycles. The maximum absolute atomic E-state index is 12.4. The van der Waals surface area contributed by atoms with Crippen LogP contribution in [-0.2, 0) is 4.79 Å². The van der Waals surface area contributed by atoms with E-state index in [4.69, 9.17) is 13.9 Å². The van der Waals surface area contributed by atoms with Gasteiger partial charge in [-0.2, -0.15) is 9.61 Å². The normalized spacial score (nSPS) is 10.8. The van der Waals surface area contributed by atoms with Gasteiger partial charge in [-0.3, -0.25) is 4.79 Å². The second-order valence-electron chi connectivity index (χ2n) is 5.85. The molecule has 29 heavy (non-hydrogen) atoms. The smallest absolute Gasteiger partial charge is 0.234 e. The molecule has 9 nitrogen and oxygen atoms in total. The van der Waals surface area contributed by atoms with E-state index in [-0.39, 0.29) is 11.7 Å². The zero-order chi connectivity index (χ0) is 20.2. The Balaban J connectivity index is 1.47. The fourth-order valence-electron chi connectivity index (χ4n) is 2.63. The Labute approximate surface area is 170 Å². The van der Waals surface area contributed by atoms with Gasteiger partial charge in [0, 0.05) is 6.07 Å². The van der Waals surface area contributed by atoms with Gasteiger partial charge in [-0.05, 0) is 36.4 Å². The van der Waals surface area contributed by atoms with Crippen LogP contribution in [-0.4, -0.2) is 45.7 Å². The van der Waals surface area contributed by atoms with Gasteiger partial charge in [-0.1, -0.05) is 11.8 Å². The Hall–Kier alpha value is -3.53. The SMILES string of the molecule is COc1ccc(NC(=O)CSc2nnc3ccc(-c4ccco4)nn23)c(OC)c1. The van der Waals surface area contributed by atoms with E-state index in [9.17, 15) is 4.79 Å². The molecule has 0 unspecified atom stereocenters. The van der Waals surface area contributed by atoms with Crippen LogP contribution < -0.4 is 14.8 Å². The van der Waals surface area contributed by atoms with E-state index in [1.54, 1.807) is 54.3 Å². The Morgan fingerprint density at radius 2 is 2.07 bits per heavy atom. The van der Waals surface area contributed by atoms with Gasteiger partial charge in [0.25, 0.3) is 0 Å². The molecule has 4 rings (SSSR count). The van der Waals surface area contributed by atoms with Crippen molar-refractivity contribution in [2.24, 2.45) is 0 Å². The molecule has 3 aromatic heterocycles. The number of amides is 1. The molecule has 148 valence electrons. The molecule has 0 aliphatic rings. The van der Waals surface area contributed by atoms with Gasteiger partial charge >= 0.3 is 0 Å². The lowest BCUT2D eigenvalue weighted by Gasteiger charge is -2.11. The highest BCUT2D eigenvalue weighted by atomic mass is 32.2. The van der Waals surface area contributed by atoms with Gasteiger partial charge in [-0.25, -0.2) is 0 Å². The number of ether oxygens (including phenoxy) is 2. The first-order valence-corrected chi connectivity index (χ1v) is 9.57. The summed E-state index contributed by atoms with van der Waals surface area (Å²) in [7, 11) is 3.10. The number of benzene rings is 1. The molecule has 0 atom stereocenters. The molecule has 1 N–H and O–H groups in total. The van der Waals surface area contributed by atoms with Crippen LogP contribution in [0.3, 0.4) is 0 Å². The number of rotatable bonds is 7. The summed E-state index contributed by atoms with van der Waals surface area (Å²) in [6.45, 7) is 0. The number of anilines is 1. The Bertz CT molecular complexity index is 1140. The highest BCUT2D eigenvalue weighted by Crippen LogP contribution is 2.29. The summed E-state index contributed by atoms with van der Waals surface area (Å²) in [6, 6.07) is 12.4. The van der Waals surface area contributed by atoms with Crippen LogP contribution >= 0.6 is 11.8 Å². The van der Waals surface area contributed by atoms with Gasteiger partial charge in [0.05, 0.1) is 31.9 Å². The third-order valence-electron chi connectivity index (χ3n) is 4.02. The van der Waals surface area contributed by atoms with Crippen LogP contribution in [0.5, 0.6) is 11.5 Å². The van der Waals surface area contributed by atoms with Crippen molar-refractivity contribution in [3.05, 3.63) is 48.7 Å². The fourth-order valence-corrected chi connectivity index (χ4v) is 3.32. The van der Waals surface area contributed by atoms with Crippen LogP contribution in [0.25, 0.3) is 17.1 Å². The summed E-state index contributed by atoms with van der Waals surface area (Å²) in [5.74, 6) is 1.71. The number of thioether (sulfide) groups is 1. The molecular formula is C19H17N5O4S. The topological polar surface area (TPSA) is 104 Å². The van der Waals surface area contributed by atoms with Crippen LogP contribution in [0.4, 0.5) is 5.69 Å². The van der Waals surface area contributed by atoms with Crippen LogP contribution in [0.2, 0.25) is 0 Å². The minimum atomic E-state index is -0.211. The van der Waals surface area contributed by atoms with Crippen molar-refractivity contribution < 1.29 is 18.7 Å². The average Bonchev–Trinajstić information content (AvgIpc) is 3.42. The Morgan fingerprint density at radius 3 is 2.83 bits per heavy atom. The summed E-state index contributed by atoms with van der Waals surface area (Å²) >= 11 is 1.23. The van der Waals surface area contributed by atoms with Gasteiger partial charge in [-0.15, -0.1) is 10.2 Å². The zero-order valence-electron chi connectivity index (χ0n) is 15.7. The van der Waals surface area contributed by atoms with Crippen LogP contribution in [0.1, 0.15) is 0 Å². The number of methoxy groups -OCH3 is 2. The number of aromatic nitrogens is 4. The monoisotopic (exact) mass is 411 g/mol. The molecule has 0 saturated carbocycles. The molecule has 0 bridgehead atoms. The van der Waals surface area contributed by atoms with Gasteiger partial charge < -0.3 is 19.2 Å². The van der Waals surface area contributed by atoms with E-state index >= 15 is 0 Å². The largest absolute Gasteiger partial charge is 0.497 e. The predicted molar refractivity (Wildman–Crippen MR) is 107 cm³/mol. The van der Waals surface area contributed by atoms with Crippen molar-refractivity contribution in [1.29, 1.82) is 0 Å². The number of nitrogens with one attached hydrogen (secondary N) is 1. The lowest BCUT2D eigenvalue weighted by Crippen LogP contribution is -2.15. The van der Waals surface area contributed by atoms with E-state index in [1.165, 1.54) is 18.9 Å². The third-order valence-corrected chi connectivity index (χ3v) is 4.94. The maximum atomic E-state index is 12.4. The lowest BCUT2D eigenvalue weighted by atomic mass is 10.2. The molecule has 0 aliphatic heterocycles. The van der Waals surface area contributed by atoms with E-state index in [2.05, 4.69) is 20.6 Å². The first kappa shape index (κ1) is 18.8. The third kappa shape index (κ3) is 4.02. The lowest BCUT2D eigenvalue weighted by molar-refractivity contribution is -0.113. The van der Waals surface area contributed by atoms with Crippen LogP contribution in [0.15, 0.2) is 58.3 Å². The van der Waals surface area contributed by atoms with Crippen molar-refractivity contribution in [1.82, 2.24) is 19.8 Å². The maximum Gasteiger partial charge on any atom is 0.234 e. The minimum Gasteiger partial charge on any atom is -0.497 e. The van der Waals surface area contributed by atoms with Crippen molar-refractivity contribution >= 4 is 29.0 Å². The number of nitrogens with zero attached hydrogens (tertiary/aromatic N) is 4. The summed E-state index contributed by atoms with van der Waals surface area (Å²) < 4.78 is 17.4. The summed E-state index contributed by atoms with van der Waals surface area (Å²) in [6.07, 6.45) is 1.58. The molecule has 1 aromatic carbocycles. The van der Waals surface area contributed by atoms with E-state index in [0.29, 0.717) is 39.4 Å². The minimum absolute atomic E-state index is 0.128. The summed E-state index contributed by atoms with van der Waals surface area (Å²) in [4.78, 5) is 12.4. The van der Waals surface area contributed by atoms with E-state index in [0.717, 1.165) is 0 Å². The molecule has 0 radical (unpaired) electrons. The van der Waals surface area contributed by atoms with Gasteiger partial charge in [0.2, 0.25) is 11.1 Å². The number of fused-ring (bicyclic) bond motifs is 1. The average molecular weight is 411 g/mol. The number of hydrogen-bond donors (Lipinski definition) is 1. The number of hydrogen-bond acceptors (Lipinski definition) is 8. The highest BCUT2D eigenvalue weighted by molar-refractivity contribution is 7.99.